The SMILES string of the molecule is CCOC(=O)[C@H](C)Oc1ccc(Cl)cc1C. The van der Waals surface area contributed by atoms with Crippen LogP contribution < -0.4 is 4.74 Å². The third-order valence-electron chi connectivity index (χ3n) is 2.06. The van der Waals surface area contributed by atoms with Crippen molar-refractivity contribution in [1.82, 2.24) is 0 Å². The quantitative estimate of drug-likeness (QED) is 0.762. The van der Waals surface area contributed by atoms with Crippen molar-refractivity contribution in [1.29, 1.82) is 0 Å². The molecule has 0 saturated carbocycles. The standard InChI is InChI=1S/C12H15ClO3/c1-4-15-12(14)9(3)16-11-6-5-10(13)7-8(11)2/h5-7,9H,4H2,1-3H3/t9-/m0/s1. The Bertz CT molecular complexity index is 377. The molecule has 16 heavy (non-hydrogen) atoms. The molecule has 0 fully saturated rings. The minimum absolute atomic E-state index is 0.353. The predicted octanol–water partition coefficient (Wildman–Crippen LogP) is 2.98. The molecule has 0 radical (unpaired) electrons. The molecule has 0 aliphatic rings. The molecule has 3 nitrogen and oxygen atoms in total. The fourth-order valence-electron chi connectivity index (χ4n) is 1.24. The lowest BCUT2D eigenvalue weighted by molar-refractivity contribution is -0.150. The predicted molar refractivity (Wildman–Crippen MR) is 62.9 cm³/mol. The second-order valence-corrected chi connectivity index (χ2v) is 3.86. The molecule has 88 valence electrons. The van der Waals surface area contributed by atoms with Gasteiger partial charge in [0.15, 0.2) is 6.10 Å². The van der Waals surface area contributed by atoms with Gasteiger partial charge < -0.3 is 9.47 Å². The summed E-state index contributed by atoms with van der Waals surface area (Å²) in [4.78, 5) is 11.4. The summed E-state index contributed by atoms with van der Waals surface area (Å²) in [5.74, 6) is 0.279. The summed E-state index contributed by atoms with van der Waals surface area (Å²) < 4.78 is 10.3. The molecule has 0 unspecified atom stereocenters. The number of benzene rings is 1. The summed E-state index contributed by atoms with van der Waals surface area (Å²) in [5, 5.41) is 0.647. The summed E-state index contributed by atoms with van der Waals surface area (Å²) >= 11 is 5.82. The van der Waals surface area contributed by atoms with Crippen LogP contribution in [0.5, 0.6) is 5.75 Å². The van der Waals surface area contributed by atoms with Gasteiger partial charge in [-0.05, 0) is 44.5 Å². The zero-order valence-electron chi connectivity index (χ0n) is 9.62. The molecule has 0 bridgehead atoms. The van der Waals surface area contributed by atoms with Crippen LogP contribution in [-0.2, 0) is 9.53 Å². The molecule has 0 N–H and O–H groups in total. The van der Waals surface area contributed by atoms with Crippen molar-refractivity contribution in [3.63, 3.8) is 0 Å². The Hall–Kier alpha value is -1.22. The monoisotopic (exact) mass is 242 g/mol. The van der Waals surface area contributed by atoms with E-state index in [-0.39, 0.29) is 5.97 Å². The lowest BCUT2D eigenvalue weighted by atomic mass is 10.2. The number of aryl methyl sites for hydroxylation is 1. The van der Waals surface area contributed by atoms with Gasteiger partial charge in [0, 0.05) is 5.02 Å². The highest BCUT2D eigenvalue weighted by molar-refractivity contribution is 6.30. The molecule has 1 atom stereocenters. The van der Waals surface area contributed by atoms with Gasteiger partial charge in [0.1, 0.15) is 5.75 Å². The minimum atomic E-state index is -0.611. The van der Waals surface area contributed by atoms with Crippen molar-refractivity contribution in [2.24, 2.45) is 0 Å². The maximum Gasteiger partial charge on any atom is 0.347 e. The normalized spacial score (nSPS) is 12.0. The van der Waals surface area contributed by atoms with Crippen LogP contribution in [0.3, 0.4) is 0 Å². The lowest BCUT2D eigenvalue weighted by Gasteiger charge is -2.15. The molecule has 1 aromatic carbocycles. The highest BCUT2D eigenvalue weighted by Crippen LogP contribution is 2.22. The number of carbonyl (C=O) groups is 1. The van der Waals surface area contributed by atoms with Crippen LogP contribution in [0.1, 0.15) is 19.4 Å². The Balaban J connectivity index is 2.69. The van der Waals surface area contributed by atoms with E-state index in [1.54, 1.807) is 32.0 Å². The van der Waals surface area contributed by atoms with Gasteiger partial charge in [-0.25, -0.2) is 4.79 Å². The summed E-state index contributed by atoms with van der Waals surface area (Å²) in [5.41, 5.74) is 0.892. The van der Waals surface area contributed by atoms with Gasteiger partial charge in [0.2, 0.25) is 0 Å². The lowest BCUT2D eigenvalue weighted by Crippen LogP contribution is -2.26. The number of carbonyl (C=O) groups excluding carboxylic acids is 1. The summed E-state index contributed by atoms with van der Waals surface area (Å²) in [7, 11) is 0. The molecule has 0 aliphatic carbocycles. The smallest absolute Gasteiger partial charge is 0.347 e. The van der Waals surface area contributed by atoms with Gasteiger partial charge in [0.05, 0.1) is 6.61 Å². The topological polar surface area (TPSA) is 35.5 Å². The van der Waals surface area contributed by atoms with Crippen LogP contribution in [-0.4, -0.2) is 18.7 Å². The second kappa shape index (κ2) is 5.75. The van der Waals surface area contributed by atoms with Crippen LogP contribution in [0.2, 0.25) is 5.02 Å². The van der Waals surface area contributed by atoms with Crippen LogP contribution in [0.15, 0.2) is 18.2 Å². The molecule has 0 spiro atoms. The van der Waals surface area contributed by atoms with Crippen molar-refractivity contribution in [3.8, 4) is 5.75 Å². The van der Waals surface area contributed by atoms with E-state index in [1.165, 1.54) is 0 Å². The van der Waals surface area contributed by atoms with Crippen LogP contribution in [0.25, 0.3) is 0 Å². The Morgan fingerprint density at radius 2 is 2.19 bits per heavy atom. The molecule has 0 amide bonds. The first-order chi connectivity index (χ1) is 7.54. The average Bonchev–Trinajstić information content (AvgIpc) is 2.22. The van der Waals surface area contributed by atoms with Gasteiger partial charge in [-0.15, -0.1) is 0 Å². The molecule has 1 rings (SSSR count). The molecule has 4 heteroatoms. The number of halogens is 1. The van der Waals surface area contributed by atoms with Gasteiger partial charge in [-0.1, -0.05) is 11.6 Å². The average molecular weight is 243 g/mol. The molecule has 0 saturated heterocycles. The second-order valence-electron chi connectivity index (χ2n) is 3.42. The Kier molecular flexibility index (Phi) is 4.62. The van der Waals surface area contributed by atoms with Crippen LogP contribution in [0, 0.1) is 6.92 Å². The van der Waals surface area contributed by atoms with Gasteiger partial charge in [-0.3, -0.25) is 0 Å². The Morgan fingerprint density at radius 1 is 1.50 bits per heavy atom. The summed E-state index contributed by atoms with van der Waals surface area (Å²) in [6.45, 7) is 5.65. The van der Waals surface area contributed by atoms with E-state index in [0.29, 0.717) is 17.4 Å². The van der Waals surface area contributed by atoms with Gasteiger partial charge >= 0.3 is 5.97 Å². The molecular weight excluding hydrogens is 228 g/mol. The van der Waals surface area contributed by atoms with Crippen molar-refractivity contribution in [3.05, 3.63) is 28.8 Å². The van der Waals surface area contributed by atoms with E-state index in [1.807, 2.05) is 6.92 Å². The fourth-order valence-corrected chi connectivity index (χ4v) is 1.47. The largest absolute Gasteiger partial charge is 0.479 e. The number of ether oxygens (including phenoxy) is 2. The molecule has 0 heterocycles. The molecule has 0 aromatic heterocycles. The number of rotatable bonds is 4. The molecule has 0 aliphatic heterocycles. The van der Waals surface area contributed by atoms with E-state index in [9.17, 15) is 4.79 Å². The third-order valence-corrected chi connectivity index (χ3v) is 2.29. The summed E-state index contributed by atoms with van der Waals surface area (Å²) in [6, 6.07) is 5.25. The van der Waals surface area contributed by atoms with E-state index in [2.05, 4.69) is 0 Å². The maximum absolute atomic E-state index is 11.4. The van der Waals surface area contributed by atoms with Crippen LogP contribution in [0.4, 0.5) is 0 Å². The van der Waals surface area contributed by atoms with Crippen molar-refractivity contribution < 1.29 is 14.3 Å². The fraction of sp³-hybridized carbons (Fsp3) is 0.417. The first kappa shape index (κ1) is 12.8. The first-order valence-corrected chi connectivity index (χ1v) is 5.51. The highest BCUT2D eigenvalue weighted by atomic mass is 35.5. The zero-order valence-corrected chi connectivity index (χ0v) is 10.4. The summed E-state index contributed by atoms with van der Waals surface area (Å²) in [6.07, 6.45) is -0.611. The maximum atomic E-state index is 11.4. The number of hydrogen-bond donors (Lipinski definition) is 0. The van der Waals surface area contributed by atoms with E-state index >= 15 is 0 Å². The highest BCUT2D eigenvalue weighted by Gasteiger charge is 2.16. The van der Waals surface area contributed by atoms with E-state index < -0.39 is 6.10 Å². The Morgan fingerprint density at radius 3 is 2.75 bits per heavy atom. The molecular formula is C12H15ClO3. The van der Waals surface area contributed by atoms with E-state index in [4.69, 9.17) is 21.1 Å². The zero-order chi connectivity index (χ0) is 12.1. The minimum Gasteiger partial charge on any atom is -0.479 e. The molecule has 1 aromatic rings. The number of esters is 1. The van der Waals surface area contributed by atoms with Crippen molar-refractivity contribution in [2.75, 3.05) is 6.61 Å². The van der Waals surface area contributed by atoms with E-state index in [0.717, 1.165) is 5.56 Å². The first-order valence-electron chi connectivity index (χ1n) is 5.14. The Labute approximate surface area is 100 Å². The van der Waals surface area contributed by atoms with Gasteiger partial charge in [-0.2, -0.15) is 0 Å². The van der Waals surface area contributed by atoms with Gasteiger partial charge in [0.25, 0.3) is 0 Å². The third kappa shape index (κ3) is 3.42. The van der Waals surface area contributed by atoms with Crippen molar-refractivity contribution in [2.45, 2.75) is 26.9 Å². The van der Waals surface area contributed by atoms with Crippen LogP contribution >= 0.6 is 11.6 Å². The number of hydrogen-bond acceptors (Lipinski definition) is 3. The van der Waals surface area contributed by atoms with Crippen molar-refractivity contribution >= 4 is 17.6 Å².